The van der Waals surface area contributed by atoms with Crippen LogP contribution in [-0.2, 0) is 14.8 Å². The van der Waals surface area contributed by atoms with Crippen molar-refractivity contribution in [1.82, 2.24) is 0 Å². The average Bonchev–Trinajstić information content (AvgIpc) is 2.90. The third-order valence-corrected chi connectivity index (χ3v) is 3.53. The van der Waals surface area contributed by atoms with E-state index in [2.05, 4.69) is 4.72 Å². The second-order valence-electron chi connectivity index (χ2n) is 4.84. The number of sulfonamides is 1. The number of ketones is 1. The summed E-state index contributed by atoms with van der Waals surface area (Å²) >= 11 is 0. The van der Waals surface area contributed by atoms with E-state index in [9.17, 15) is 18.0 Å². The van der Waals surface area contributed by atoms with Gasteiger partial charge in [0.2, 0.25) is 10.0 Å². The summed E-state index contributed by atoms with van der Waals surface area (Å²) in [4.78, 5) is 23.7. The van der Waals surface area contributed by atoms with Crippen LogP contribution in [0.15, 0.2) is 41.0 Å². The molecule has 0 radical (unpaired) electrons. The van der Waals surface area contributed by atoms with Crippen LogP contribution in [0, 0.1) is 6.92 Å². The minimum Gasteiger partial charge on any atom is -0.469 e. The lowest BCUT2D eigenvalue weighted by Gasteiger charge is -2.06. The van der Waals surface area contributed by atoms with E-state index in [1.165, 1.54) is 36.6 Å². The van der Waals surface area contributed by atoms with E-state index in [0.717, 1.165) is 6.26 Å². The second kappa shape index (κ2) is 6.66. The number of nitrogens with one attached hydrogen (secondary N) is 1. The SMILES string of the molecule is Cc1occc1C(=O)OCC(=O)c1ccc(NS(C)(=O)=O)cc1. The van der Waals surface area contributed by atoms with Crippen molar-refractivity contribution in [1.29, 1.82) is 0 Å². The van der Waals surface area contributed by atoms with Crippen LogP contribution in [-0.4, -0.2) is 33.0 Å². The molecule has 0 amide bonds. The minimum absolute atomic E-state index is 0.269. The van der Waals surface area contributed by atoms with Gasteiger partial charge in [0.15, 0.2) is 12.4 Å². The van der Waals surface area contributed by atoms with Gasteiger partial charge >= 0.3 is 5.97 Å². The number of aryl methyl sites for hydroxylation is 1. The lowest BCUT2D eigenvalue weighted by atomic mass is 10.1. The number of benzene rings is 1. The number of Topliss-reactive ketones (excluding diaryl/α,β-unsaturated/α-hetero) is 1. The van der Waals surface area contributed by atoms with Crippen molar-refractivity contribution in [2.75, 3.05) is 17.6 Å². The summed E-state index contributed by atoms with van der Waals surface area (Å²) < 4.78 is 34.4. The number of carbonyl (C=O) groups is 2. The number of hydrogen-bond donors (Lipinski definition) is 1. The quantitative estimate of drug-likeness (QED) is 0.639. The summed E-state index contributed by atoms with van der Waals surface area (Å²) in [6.07, 6.45) is 2.39. The molecule has 1 aromatic carbocycles. The summed E-state index contributed by atoms with van der Waals surface area (Å²) in [5.74, 6) is -0.621. The van der Waals surface area contributed by atoms with E-state index < -0.39 is 28.4 Å². The molecule has 23 heavy (non-hydrogen) atoms. The van der Waals surface area contributed by atoms with E-state index >= 15 is 0 Å². The smallest absolute Gasteiger partial charge is 0.342 e. The number of carbonyl (C=O) groups excluding carboxylic acids is 2. The Bertz CT molecular complexity index is 820. The Hall–Kier alpha value is -2.61. The number of esters is 1. The third kappa shape index (κ3) is 4.68. The van der Waals surface area contributed by atoms with Crippen molar-refractivity contribution in [3.05, 3.63) is 53.5 Å². The molecule has 0 aliphatic rings. The van der Waals surface area contributed by atoms with Crippen molar-refractivity contribution in [2.24, 2.45) is 0 Å². The molecule has 1 heterocycles. The molecular weight excluding hydrogens is 322 g/mol. The first-order valence-corrected chi connectivity index (χ1v) is 8.47. The molecule has 0 bridgehead atoms. The maximum Gasteiger partial charge on any atom is 0.342 e. The van der Waals surface area contributed by atoms with E-state index in [1.54, 1.807) is 6.92 Å². The molecule has 1 aromatic heterocycles. The molecule has 0 aliphatic carbocycles. The summed E-state index contributed by atoms with van der Waals surface area (Å²) in [5.41, 5.74) is 0.918. The minimum atomic E-state index is -3.37. The van der Waals surface area contributed by atoms with Crippen LogP contribution in [0.2, 0.25) is 0 Å². The fraction of sp³-hybridized carbons (Fsp3) is 0.200. The highest BCUT2D eigenvalue weighted by Gasteiger charge is 2.15. The van der Waals surface area contributed by atoms with Gasteiger partial charge in [0.1, 0.15) is 11.3 Å². The first-order chi connectivity index (χ1) is 10.8. The standard InChI is InChI=1S/C15H15NO6S/c1-10-13(7-8-21-10)15(18)22-9-14(17)11-3-5-12(6-4-11)16-23(2,19)20/h3-8,16H,9H2,1-2H3. The van der Waals surface area contributed by atoms with Crippen molar-refractivity contribution in [3.8, 4) is 0 Å². The monoisotopic (exact) mass is 337 g/mol. The predicted octanol–water partition coefficient (Wildman–Crippen LogP) is 2.00. The van der Waals surface area contributed by atoms with Gasteiger partial charge in [0, 0.05) is 11.3 Å². The Balaban J connectivity index is 1.96. The first kappa shape index (κ1) is 16.8. The van der Waals surface area contributed by atoms with Crippen LogP contribution in [0.25, 0.3) is 0 Å². The summed E-state index contributed by atoms with van der Waals surface area (Å²) in [7, 11) is -3.37. The Morgan fingerprint density at radius 3 is 2.35 bits per heavy atom. The van der Waals surface area contributed by atoms with Crippen LogP contribution in [0.1, 0.15) is 26.5 Å². The number of hydrogen-bond acceptors (Lipinski definition) is 6. The Labute approximate surface area is 133 Å². The normalized spacial score (nSPS) is 11.0. The van der Waals surface area contributed by atoms with Crippen molar-refractivity contribution < 1.29 is 27.2 Å². The highest BCUT2D eigenvalue weighted by Crippen LogP contribution is 2.13. The maximum absolute atomic E-state index is 12.0. The van der Waals surface area contributed by atoms with Gasteiger partial charge in [-0.25, -0.2) is 13.2 Å². The summed E-state index contributed by atoms with van der Waals surface area (Å²) in [5, 5.41) is 0. The van der Waals surface area contributed by atoms with Crippen molar-refractivity contribution >= 4 is 27.5 Å². The van der Waals surface area contributed by atoms with Gasteiger partial charge in [-0.05, 0) is 37.3 Å². The lowest BCUT2D eigenvalue weighted by Crippen LogP contribution is -2.14. The van der Waals surface area contributed by atoms with Crippen molar-refractivity contribution in [2.45, 2.75) is 6.92 Å². The molecule has 0 saturated carbocycles. The third-order valence-electron chi connectivity index (χ3n) is 2.92. The van der Waals surface area contributed by atoms with Crippen LogP contribution in [0.3, 0.4) is 0 Å². The van der Waals surface area contributed by atoms with Gasteiger partial charge in [-0.1, -0.05) is 0 Å². The topological polar surface area (TPSA) is 103 Å². The van der Waals surface area contributed by atoms with Crippen LogP contribution < -0.4 is 4.72 Å². The van der Waals surface area contributed by atoms with Crippen molar-refractivity contribution in [3.63, 3.8) is 0 Å². The molecule has 0 atom stereocenters. The zero-order valence-electron chi connectivity index (χ0n) is 12.5. The Morgan fingerprint density at radius 1 is 1.17 bits per heavy atom. The largest absolute Gasteiger partial charge is 0.469 e. The molecule has 0 aliphatic heterocycles. The fourth-order valence-corrected chi connectivity index (χ4v) is 2.39. The average molecular weight is 337 g/mol. The number of anilines is 1. The Kier molecular flexibility index (Phi) is 4.85. The molecule has 7 nitrogen and oxygen atoms in total. The predicted molar refractivity (Wildman–Crippen MR) is 83.0 cm³/mol. The fourth-order valence-electron chi connectivity index (χ4n) is 1.83. The number of furan rings is 1. The molecule has 0 saturated heterocycles. The van der Waals surface area contributed by atoms with Gasteiger partial charge in [0.25, 0.3) is 0 Å². The van der Waals surface area contributed by atoms with Gasteiger partial charge in [-0.3, -0.25) is 9.52 Å². The summed E-state index contributed by atoms with van der Waals surface area (Å²) in [6.45, 7) is 1.20. The molecule has 2 rings (SSSR count). The molecule has 1 N–H and O–H groups in total. The van der Waals surface area contributed by atoms with E-state index in [1.807, 2.05) is 0 Å². The number of ether oxygens (including phenoxy) is 1. The van der Waals surface area contributed by atoms with Crippen LogP contribution in [0.5, 0.6) is 0 Å². The highest BCUT2D eigenvalue weighted by atomic mass is 32.2. The van der Waals surface area contributed by atoms with Gasteiger partial charge in [-0.2, -0.15) is 0 Å². The van der Waals surface area contributed by atoms with E-state index in [-0.39, 0.29) is 5.56 Å². The first-order valence-electron chi connectivity index (χ1n) is 6.58. The summed E-state index contributed by atoms with van der Waals surface area (Å²) in [6, 6.07) is 7.28. The van der Waals surface area contributed by atoms with Crippen LogP contribution in [0.4, 0.5) is 5.69 Å². The van der Waals surface area contributed by atoms with Crippen LogP contribution >= 0.6 is 0 Å². The number of rotatable bonds is 6. The molecular formula is C15H15NO6S. The molecule has 122 valence electrons. The maximum atomic E-state index is 12.0. The zero-order valence-corrected chi connectivity index (χ0v) is 13.3. The lowest BCUT2D eigenvalue weighted by molar-refractivity contribution is 0.0473. The molecule has 0 spiro atoms. The second-order valence-corrected chi connectivity index (χ2v) is 6.59. The highest BCUT2D eigenvalue weighted by molar-refractivity contribution is 7.92. The Morgan fingerprint density at radius 2 is 1.83 bits per heavy atom. The molecule has 0 fully saturated rings. The zero-order chi connectivity index (χ0) is 17.0. The van der Waals surface area contributed by atoms with Gasteiger partial charge in [-0.15, -0.1) is 0 Å². The molecule has 8 heteroatoms. The van der Waals surface area contributed by atoms with E-state index in [4.69, 9.17) is 9.15 Å². The molecule has 2 aromatic rings. The van der Waals surface area contributed by atoms with Gasteiger partial charge < -0.3 is 9.15 Å². The van der Waals surface area contributed by atoms with E-state index in [0.29, 0.717) is 17.0 Å². The van der Waals surface area contributed by atoms with Gasteiger partial charge in [0.05, 0.1) is 12.5 Å². The molecule has 0 unspecified atom stereocenters.